The Hall–Kier alpha value is -2.16. The van der Waals surface area contributed by atoms with E-state index in [1.165, 1.54) is 5.56 Å². The number of carbonyl (C=O) groups is 1. The maximum absolute atomic E-state index is 11.7. The second-order valence-corrected chi connectivity index (χ2v) is 4.29. The van der Waals surface area contributed by atoms with E-state index in [1.807, 2.05) is 43.3 Å². The number of rotatable bonds is 4. The average molecular weight is 240 g/mol. The number of aromatic nitrogens is 1. The second kappa shape index (κ2) is 5.96. The molecular weight excluding hydrogens is 224 g/mol. The van der Waals surface area contributed by atoms with Gasteiger partial charge >= 0.3 is 0 Å². The Labute approximate surface area is 107 Å². The normalized spacial score (nSPS) is 10.1. The van der Waals surface area contributed by atoms with E-state index >= 15 is 0 Å². The predicted molar refractivity (Wildman–Crippen MR) is 71.0 cm³/mol. The summed E-state index contributed by atoms with van der Waals surface area (Å²) in [5.41, 5.74) is 3.30. The van der Waals surface area contributed by atoms with Crippen LogP contribution < -0.4 is 5.32 Å². The van der Waals surface area contributed by atoms with E-state index in [-0.39, 0.29) is 5.91 Å². The van der Waals surface area contributed by atoms with Crippen LogP contribution in [0.4, 0.5) is 0 Å². The standard InChI is InChI=1S/C15H16N2O/c1-12-2-4-13(5-3-12)10-15(18)17-11-14-6-8-16-9-7-14/h2-9H,10-11H2,1H3,(H,17,18). The summed E-state index contributed by atoms with van der Waals surface area (Å²) in [4.78, 5) is 15.7. The van der Waals surface area contributed by atoms with Crippen molar-refractivity contribution in [3.63, 3.8) is 0 Å². The Balaban J connectivity index is 1.84. The highest BCUT2D eigenvalue weighted by molar-refractivity contribution is 5.78. The van der Waals surface area contributed by atoms with E-state index in [9.17, 15) is 4.79 Å². The number of amides is 1. The molecule has 0 radical (unpaired) electrons. The minimum absolute atomic E-state index is 0.0377. The Morgan fingerprint density at radius 2 is 1.72 bits per heavy atom. The van der Waals surface area contributed by atoms with Crippen molar-refractivity contribution in [2.24, 2.45) is 0 Å². The van der Waals surface area contributed by atoms with Crippen LogP contribution >= 0.6 is 0 Å². The first-order chi connectivity index (χ1) is 8.74. The molecule has 1 N–H and O–H groups in total. The molecule has 1 aromatic heterocycles. The molecule has 1 amide bonds. The maximum Gasteiger partial charge on any atom is 0.224 e. The highest BCUT2D eigenvalue weighted by Crippen LogP contribution is 2.04. The van der Waals surface area contributed by atoms with Gasteiger partial charge in [-0.25, -0.2) is 0 Å². The highest BCUT2D eigenvalue weighted by Gasteiger charge is 2.02. The quantitative estimate of drug-likeness (QED) is 0.890. The molecule has 3 nitrogen and oxygen atoms in total. The monoisotopic (exact) mass is 240 g/mol. The molecule has 0 spiro atoms. The number of aryl methyl sites for hydroxylation is 1. The van der Waals surface area contributed by atoms with Crippen molar-refractivity contribution < 1.29 is 4.79 Å². The van der Waals surface area contributed by atoms with E-state index in [0.717, 1.165) is 11.1 Å². The molecule has 0 fully saturated rings. The molecule has 2 aromatic rings. The fourth-order valence-corrected chi connectivity index (χ4v) is 1.66. The number of pyridine rings is 1. The summed E-state index contributed by atoms with van der Waals surface area (Å²) in [6.07, 6.45) is 3.87. The van der Waals surface area contributed by atoms with Crippen molar-refractivity contribution in [2.75, 3.05) is 0 Å². The Kier molecular flexibility index (Phi) is 4.07. The Morgan fingerprint density at radius 1 is 1.06 bits per heavy atom. The van der Waals surface area contributed by atoms with Gasteiger partial charge in [-0.1, -0.05) is 29.8 Å². The molecule has 0 saturated carbocycles. The average Bonchev–Trinajstić information content (AvgIpc) is 2.40. The molecule has 0 aliphatic heterocycles. The van der Waals surface area contributed by atoms with Crippen molar-refractivity contribution in [2.45, 2.75) is 19.9 Å². The molecule has 0 unspecified atom stereocenters. The van der Waals surface area contributed by atoms with E-state index in [1.54, 1.807) is 12.4 Å². The molecule has 0 bridgehead atoms. The zero-order valence-electron chi connectivity index (χ0n) is 10.4. The summed E-state index contributed by atoms with van der Waals surface area (Å²) in [6, 6.07) is 11.8. The second-order valence-electron chi connectivity index (χ2n) is 4.29. The van der Waals surface area contributed by atoms with Gasteiger partial charge in [0.1, 0.15) is 0 Å². The van der Waals surface area contributed by atoms with Crippen LogP contribution in [0.15, 0.2) is 48.8 Å². The largest absolute Gasteiger partial charge is 0.352 e. The van der Waals surface area contributed by atoms with Crippen LogP contribution in [-0.2, 0) is 17.8 Å². The van der Waals surface area contributed by atoms with Crippen LogP contribution in [0.5, 0.6) is 0 Å². The first-order valence-electron chi connectivity index (χ1n) is 5.95. The summed E-state index contributed by atoms with van der Waals surface area (Å²) < 4.78 is 0. The highest BCUT2D eigenvalue weighted by atomic mass is 16.1. The number of nitrogens with one attached hydrogen (secondary N) is 1. The molecule has 0 saturated heterocycles. The lowest BCUT2D eigenvalue weighted by Gasteiger charge is -2.05. The summed E-state index contributed by atoms with van der Waals surface area (Å²) in [5.74, 6) is 0.0377. The van der Waals surface area contributed by atoms with Gasteiger partial charge in [0.15, 0.2) is 0 Å². The van der Waals surface area contributed by atoms with Gasteiger partial charge in [0, 0.05) is 18.9 Å². The number of carbonyl (C=O) groups excluding carboxylic acids is 1. The molecule has 92 valence electrons. The van der Waals surface area contributed by atoms with Gasteiger partial charge in [-0.15, -0.1) is 0 Å². The topological polar surface area (TPSA) is 42.0 Å². The first kappa shape index (κ1) is 12.3. The summed E-state index contributed by atoms with van der Waals surface area (Å²) in [7, 11) is 0. The predicted octanol–water partition coefficient (Wildman–Crippen LogP) is 2.25. The van der Waals surface area contributed by atoms with Crippen molar-refractivity contribution in [3.8, 4) is 0 Å². The van der Waals surface area contributed by atoms with Gasteiger partial charge in [0.25, 0.3) is 0 Å². The van der Waals surface area contributed by atoms with E-state index in [4.69, 9.17) is 0 Å². The zero-order chi connectivity index (χ0) is 12.8. The molecule has 18 heavy (non-hydrogen) atoms. The third-order valence-corrected chi connectivity index (χ3v) is 2.72. The SMILES string of the molecule is Cc1ccc(CC(=O)NCc2ccncc2)cc1. The minimum atomic E-state index is 0.0377. The summed E-state index contributed by atoms with van der Waals surface area (Å²) >= 11 is 0. The first-order valence-corrected chi connectivity index (χ1v) is 5.95. The van der Waals surface area contributed by atoms with Crippen LogP contribution in [0.2, 0.25) is 0 Å². The van der Waals surface area contributed by atoms with Crippen LogP contribution in [0.3, 0.4) is 0 Å². The van der Waals surface area contributed by atoms with Gasteiger partial charge in [-0.3, -0.25) is 9.78 Å². The maximum atomic E-state index is 11.7. The third kappa shape index (κ3) is 3.70. The molecule has 1 aromatic carbocycles. The van der Waals surface area contributed by atoms with Gasteiger partial charge in [-0.2, -0.15) is 0 Å². The zero-order valence-corrected chi connectivity index (χ0v) is 10.4. The number of hydrogen-bond donors (Lipinski definition) is 1. The molecule has 3 heteroatoms. The lowest BCUT2D eigenvalue weighted by molar-refractivity contribution is -0.120. The fourth-order valence-electron chi connectivity index (χ4n) is 1.66. The van der Waals surface area contributed by atoms with Crippen molar-refractivity contribution in [1.82, 2.24) is 10.3 Å². The van der Waals surface area contributed by atoms with E-state index in [0.29, 0.717) is 13.0 Å². The molecule has 0 atom stereocenters. The molecule has 0 aliphatic carbocycles. The van der Waals surface area contributed by atoms with Crippen LogP contribution in [0.25, 0.3) is 0 Å². The van der Waals surface area contributed by atoms with E-state index < -0.39 is 0 Å². The minimum Gasteiger partial charge on any atom is -0.352 e. The fraction of sp³-hybridized carbons (Fsp3) is 0.200. The lowest BCUT2D eigenvalue weighted by atomic mass is 10.1. The van der Waals surface area contributed by atoms with Crippen LogP contribution in [0.1, 0.15) is 16.7 Å². The molecule has 1 heterocycles. The van der Waals surface area contributed by atoms with Crippen molar-refractivity contribution in [3.05, 3.63) is 65.5 Å². The number of benzene rings is 1. The molecular formula is C15H16N2O. The summed E-state index contributed by atoms with van der Waals surface area (Å²) in [5, 5.41) is 2.90. The van der Waals surface area contributed by atoms with Gasteiger partial charge in [-0.05, 0) is 30.2 Å². The van der Waals surface area contributed by atoms with Crippen LogP contribution in [0, 0.1) is 6.92 Å². The van der Waals surface area contributed by atoms with Gasteiger partial charge in [0.2, 0.25) is 5.91 Å². The number of nitrogens with zero attached hydrogens (tertiary/aromatic N) is 1. The van der Waals surface area contributed by atoms with Gasteiger partial charge < -0.3 is 5.32 Å². The third-order valence-electron chi connectivity index (χ3n) is 2.72. The van der Waals surface area contributed by atoms with Crippen LogP contribution in [-0.4, -0.2) is 10.9 Å². The number of hydrogen-bond acceptors (Lipinski definition) is 2. The summed E-state index contributed by atoms with van der Waals surface area (Å²) in [6.45, 7) is 2.58. The Morgan fingerprint density at radius 3 is 2.39 bits per heavy atom. The van der Waals surface area contributed by atoms with Gasteiger partial charge in [0.05, 0.1) is 6.42 Å². The van der Waals surface area contributed by atoms with Crippen molar-refractivity contribution >= 4 is 5.91 Å². The molecule has 0 aliphatic rings. The molecule has 2 rings (SSSR count). The smallest absolute Gasteiger partial charge is 0.224 e. The van der Waals surface area contributed by atoms with E-state index in [2.05, 4.69) is 10.3 Å². The lowest BCUT2D eigenvalue weighted by Crippen LogP contribution is -2.24. The Bertz CT molecular complexity index is 506. The van der Waals surface area contributed by atoms with Crippen molar-refractivity contribution in [1.29, 1.82) is 0 Å².